The van der Waals surface area contributed by atoms with E-state index < -0.39 is 0 Å². The third-order valence-electron chi connectivity index (χ3n) is 3.76. The molecule has 1 amide bonds. The summed E-state index contributed by atoms with van der Waals surface area (Å²) in [5, 5.41) is 16.6. The van der Waals surface area contributed by atoms with Crippen molar-refractivity contribution in [3.8, 4) is 11.9 Å². The summed E-state index contributed by atoms with van der Waals surface area (Å²) in [5.41, 5.74) is 0.746. The average molecular weight is 347 g/mol. The molecule has 7 nitrogen and oxygen atoms in total. The molecule has 1 aromatic carbocycles. The van der Waals surface area contributed by atoms with Gasteiger partial charge >= 0.3 is 0 Å². The van der Waals surface area contributed by atoms with Crippen LogP contribution in [-0.4, -0.2) is 36.1 Å². The molecule has 7 heteroatoms. The summed E-state index contributed by atoms with van der Waals surface area (Å²) in [6.07, 6.45) is 1.60. The number of fused-ring (bicyclic) bond motifs is 1. The van der Waals surface area contributed by atoms with Gasteiger partial charge in [0.25, 0.3) is 5.91 Å². The van der Waals surface area contributed by atoms with Gasteiger partial charge in [-0.25, -0.2) is 9.97 Å². The molecule has 0 saturated carbocycles. The minimum absolute atomic E-state index is 0.288. The highest BCUT2D eigenvalue weighted by Crippen LogP contribution is 2.24. The molecule has 0 unspecified atom stereocenters. The van der Waals surface area contributed by atoms with Gasteiger partial charge in [0.05, 0.1) is 12.7 Å². The van der Waals surface area contributed by atoms with Crippen LogP contribution in [0.1, 0.15) is 16.1 Å². The molecule has 0 aliphatic rings. The van der Waals surface area contributed by atoms with Crippen LogP contribution >= 0.6 is 0 Å². The van der Waals surface area contributed by atoms with Crippen molar-refractivity contribution >= 4 is 22.5 Å². The predicted molar refractivity (Wildman–Crippen MR) is 98.1 cm³/mol. The largest absolute Gasteiger partial charge is 0.481 e. The Morgan fingerprint density at radius 1 is 1.23 bits per heavy atom. The summed E-state index contributed by atoms with van der Waals surface area (Å²) in [6.45, 7) is 0.791. The minimum Gasteiger partial charge on any atom is -0.481 e. The number of pyridine rings is 2. The molecule has 0 fully saturated rings. The average Bonchev–Trinajstić information content (AvgIpc) is 2.70. The van der Waals surface area contributed by atoms with E-state index >= 15 is 0 Å². The Kier molecular flexibility index (Phi) is 5.25. The van der Waals surface area contributed by atoms with Crippen molar-refractivity contribution in [1.82, 2.24) is 15.3 Å². The molecule has 3 rings (SSSR count). The third-order valence-corrected chi connectivity index (χ3v) is 3.76. The maximum Gasteiger partial charge on any atom is 0.270 e. The van der Waals surface area contributed by atoms with Gasteiger partial charge in [-0.15, -0.1) is 0 Å². The van der Waals surface area contributed by atoms with E-state index in [2.05, 4.69) is 26.7 Å². The number of nitriles is 1. The normalized spacial score (nSPS) is 10.2. The molecule has 0 aliphatic heterocycles. The van der Waals surface area contributed by atoms with Crippen molar-refractivity contribution in [2.45, 2.75) is 0 Å². The third kappa shape index (κ3) is 3.70. The zero-order valence-electron chi connectivity index (χ0n) is 14.2. The van der Waals surface area contributed by atoms with Gasteiger partial charge in [-0.3, -0.25) is 4.79 Å². The van der Waals surface area contributed by atoms with Gasteiger partial charge in [-0.05, 0) is 29.7 Å². The SMILES string of the molecule is COc1nc(C(=O)NCCNc2ncccc2C#N)cc2ccccc12. The van der Waals surface area contributed by atoms with E-state index in [4.69, 9.17) is 10.00 Å². The van der Waals surface area contributed by atoms with Gasteiger partial charge in [0.2, 0.25) is 5.88 Å². The first-order chi connectivity index (χ1) is 12.7. The number of hydrogen-bond acceptors (Lipinski definition) is 6. The van der Waals surface area contributed by atoms with Gasteiger partial charge in [-0.1, -0.05) is 18.2 Å². The number of rotatable bonds is 6. The van der Waals surface area contributed by atoms with Crippen LogP contribution < -0.4 is 15.4 Å². The lowest BCUT2D eigenvalue weighted by atomic mass is 10.1. The first kappa shape index (κ1) is 17.2. The first-order valence-corrected chi connectivity index (χ1v) is 8.04. The van der Waals surface area contributed by atoms with Crippen molar-refractivity contribution < 1.29 is 9.53 Å². The molecule has 0 bridgehead atoms. The van der Waals surface area contributed by atoms with Crippen molar-refractivity contribution in [2.75, 3.05) is 25.5 Å². The molecule has 0 saturated heterocycles. The summed E-state index contributed by atoms with van der Waals surface area (Å²) in [5.74, 6) is 0.616. The van der Waals surface area contributed by atoms with E-state index in [9.17, 15) is 4.79 Å². The molecule has 3 aromatic rings. The lowest BCUT2D eigenvalue weighted by Crippen LogP contribution is -2.29. The van der Waals surface area contributed by atoms with E-state index in [1.807, 2.05) is 24.3 Å². The second-order valence-electron chi connectivity index (χ2n) is 5.43. The highest BCUT2D eigenvalue weighted by molar-refractivity contribution is 5.98. The van der Waals surface area contributed by atoms with Crippen LogP contribution in [-0.2, 0) is 0 Å². The van der Waals surface area contributed by atoms with Crippen molar-refractivity contribution in [2.24, 2.45) is 0 Å². The van der Waals surface area contributed by atoms with E-state index in [-0.39, 0.29) is 11.6 Å². The lowest BCUT2D eigenvalue weighted by molar-refractivity contribution is 0.0949. The number of aromatic nitrogens is 2. The van der Waals surface area contributed by atoms with Gasteiger partial charge in [0, 0.05) is 24.7 Å². The number of hydrogen-bond donors (Lipinski definition) is 2. The first-order valence-electron chi connectivity index (χ1n) is 8.04. The summed E-state index contributed by atoms with van der Waals surface area (Å²) < 4.78 is 5.28. The molecule has 26 heavy (non-hydrogen) atoms. The molecule has 2 aromatic heterocycles. The fraction of sp³-hybridized carbons (Fsp3) is 0.158. The van der Waals surface area contributed by atoms with E-state index in [0.29, 0.717) is 30.4 Å². The van der Waals surface area contributed by atoms with Crippen molar-refractivity contribution in [3.05, 3.63) is 59.9 Å². The molecule has 0 radical (unpaired) electrons. The Morgan fingerprint density at radius 3 is 2.88 bits per heavy atom. The fourth-order valence-electron chi connectivity index (χ4n) is 2.52. The maximum absolute atomic E-state index is 12.4. The standard InChI is InChI=1S/C19H17N5O2/c1-26-19-15-7-3-2-5-13(15)11-16(24-19)18(25)23-10-9-22-17-14(12-20)6-4-8-21-17/h2-8,11H,9-10H2,1H3,(H,21,22)(H,23,25). The highest BCUT2D eigenvalue weighted by atomic mass is 16.5. The summed E-state index contributed by atoms with van der Waals surface area (Å²) in [4.78, 5) is 20.7. The van der Waals surface area contributed by atoms with Crippen molar-refractivity contribution in [1.29, 1.82) is 5.26 Å². The topological polar surface area (TPSA) is 99.9 Å². The van der Waals surface area contributed by atoms with Crippen LogP contribution in [0.3, 0.4) is 0 Å². The fourth-order valence-corrected chi connectivity index (χ4v) is 2.52. The molecule has 130 valence electrons. The predicted octanol–water partition coefficient (Wildman–Crippen LogP) is 2.35. The van der Waals surface area contributed by atoms with Crippen molar-refractivity contribution in [3.63, 3.8) is 0 Å². The second kappa shape index (κ2) is 7.94. The number of amides is 1. The van der Waals surface area contributed by atoms with Crippen LogP contribution in [0.5, 0.6) is 5.88 Å². The number of carbonyl (C=O) groups is 1. The summed E-state index contributed by atoms with van der Waals surface area (Å²) in [7, 11) is 1.53. The Hall–Kier alpha value is -3.66. The van der Waals surface area contributed by atoms with E-state index in [1.165, 1.54) is 7.11 Å². The quantitative estimate of drug-likeness (QED) is 0.664. The van der Waals surface area contributed by atoms with Gasteiger partial charge < -0.3 is 15.4 Å². The minimum atomic E-state index is -0.294. The molecule has 2 heterocycles. The number of anilines is 1. The summed E-state index contributed by atoms with van der Waals surface area (Å²) in [6, 6.07) is 14.8. The van der Waals surface area contributed by atoms with E-state index in [0.717, 1.165) is 10.8 Å². The van der Waals surface area contributed by atoms with Gasteiger partial charge in [-0.2, -0.15) is 5.26 Å². The lowest BCUT2D eigenvalue weighted by Gasteiger charge is -2.10. The second-order valence-corrected chi connectivity index (χ2v) is 5.43. The zero-order valence-corrected chi connectivity index (χ0v) is 14.2. The number of nitrogens with one attached hydrogen (secondary N) is 2. The maximum atomic E-state index is 12.4. The number of ether oxygens (including phenoxy) is 1. The molecule has 0 aliphatic carbocycles. The summed E-state index contributed by atoms with van der Waals surface area (Å²) >= 11 is 0. The number of benzene rings is 1. The van der Waals surface area contributed by atoms with Gasteiger partial charge in [0.1, 0.15) is 17.6 Å². The number of methoxy groups -OCH3 is 1. The van der Waals surface area contributed by atoms with Crippen LogP contribution in [0.4, 0.5) is 5.82 Å². The monoisotopic (exact) mass is 347 g/mol. The molecule has 0 atom stereocenters. The van der Waals surface area contributed by atoms with E-state index in [1.54, 1.807) is 24.4 Å². The smallest absolute Gasteiger partial charge is 0.270 e. The zero-order chi connectivity index (χ0) is 18.4. The molecular formula is C19H17N5O2. The van der Waals surface area contributed by atoms with Crippen LogP contribution in [0.2, 0.25) is 0 Å². The van der Waals surface area contributed by atoms with Gasteiger partial charge in [0.15, 0.2) is 0 Å². The molecule has 0 spiro atoms. The Labute approximate surface area is 150 Å². The Balaban J connectivity index is 1.64. The highest BCUT2D eigenvalue weighted by Gasteiger charge is 2.12. The molecular weight excluding hydrogens is 330 g/mol. The Morgan fingerprint density at radius 2 is 2.08 bits per heavy atom. The number of carbonyl (C=O) groups excluding carboxylic acids is 1. The van der Waals surface area contributed by atoms with Crippen LogP contribution in [0.15, 0.2) is 48.7 Å². The van der Waals surface area contributed by atoms with Crippen LogP contribution in [0, 0.1) is 11.3 Å². The van der Waals surface area contributed by atoms with Crippen LogP contribution in [0.25, 0.3) is 10.8 Å². The molecule has 2 N–H and O–H groups in total. The Bertz CT molecular complexity index is 981. The number of nitrogens with zero attached hydrogens (tertiary/aromatic N) is 3.